The van der Waals surface area contributed by atoms with Crippen molar-refractivity contribution in [2.45, 2.75) is 30.4 Å². The number of rotatable bonds is 2. The summed E-state index contributed by atoms with van der Waals surface area (Å²) in [4.78, 5) is 40.4. The molecule has 8 heteroatoms. The zero-order chi connectivity index (χ0) is 24.2. The second kappa shape index (κ2) is 6.79. The second-order valence-electron chi connectivity index (χ2n) is 10.1. The molecule has 174 valence electrons. The number of carbonyl (C=O) groups excluding carboxylic acids is 3. The van der Waals surface area contributed by atoms with Crippen LogP contribution in [-0.2, 0) is 14.4 Å². The second-order valence-corrected chi connectivity index (χ2v) is 11.9. The van der Waals surface area contributed by atoms with Gasteiger partial charge in [-0.25, -0.2) is 5.01 Å². The number of anilines is 1. The van der Waals surface area contributed by atoms with E-state index in [0.29, 0.717) is 5.69 Å². The number of nitrogens with zero attached hydrogens (tertiary/aromatic N) is 3. The third-order valence-electron chi connectivity index (χ3n) is 8.07. The Bertz CT molecular complexity index is 1290. The predicted molar refractivity (Wildman–Crippen MR) is 131 cm³/mol. The Morgan fingerprint density at radius 2 is 1.35 bits per heavy atom. The number of imide groups is 1. The van der Waals surface area contributed by atoms with E-state index in [-0.39, 0.29) is 23.6 Å². The summed E-state index contributed by atoms with van der Waals surface area (Å²) in [6, 6.07) is 15.7. The molecule has 6 atom stereocenters. The van der Waals surface area contributed by atoms with Gasteiger partial charge >= 0.3 is 0 Å². The zero-order valence-electron chi connectivity index (χ0n) is 19.5. The van der Waals surface area contributed by atoms with Gasteiger partial charge in [-0.1, -0.05) is 47.5 Å². The molecular weight excluding hydrogens is 448 g/mol. The fourth-order valence-electron chi connectivity index (χ4n) is 6.40. The number of hydrogen-bond donors (Lipinski definition) is 1. The van der Waals surface area contributed by atoms with E-state index in [4.69, 9.17) is 10.8 Å². The highest BCUT2D eigenvalue weighted by atomic mass is 32.2. The van der Waals surface area contributed by atoms with E-state index in [9.17, 15) is 14.4 Å². The van der Waals surface area contributed by atoms with Gasteiger partial charge in [0.05, 0.1) is 34.0 Å². The minimum Gasteiger partial charge on any atom is -0.315 e. The summed E-state index contributed by atoms with van der Waals surface area (Å²) in [5.41, 5.74) is 11.5. The third kappa shape index (κ3) is 2.53. The highest BCUT2D eigenvalue weighted by molar-refractivity contribution is 8.02. The number of carbonyl (C=O) groups is 3. The van der Waals surface area contributed by atoms with E-state index in [1.807, 2.05) is 69.3 Å². The van der Waals surface area contributed by atoms with Crippen LogP contribution in [0.2, 0.25) is 0 Å². The molecule has 2 aromatic carbocycles. The van der Waals surface area contributed by atoms with Crippen molar-refractivity contribution >= 4 is 40.9 Å². The monoisotopic (exact) mass is 474 g/mol. The summed E-state index contributed by atoms with van der Waals surface area (Å²) in [5, 5.41) is 6.34. The quantitative estimate of drug-likeness (QED) is 0.675. The lowest BCUT2D eigenvalue weighted by molar-refractivity contribution is -0.138. The van der Waals surface area contributed by atoms with Gasteiger partial charge in [-0.2, -0.15) is 5.10 Å². The molecule has 3 saturated heterocycles. The minimum atomic E-state index is -1.19. The number of benzene rings is 2. The molecule has 2 aromatic rings. The first kappa shape index (κ1) is 21.6. The minimum absolute atomic E-state index is 0.215. The molecule has 2 N–H and O–H groups in total. The van der Waals surface area contributed by atoms with Gasteiger partial charge in [0.1, 0.15) is 0 Å². The molecular formula is C26H26N4O3S. The maximum Gasteiger partial charge on any atom is 0.254 e. The number of hydrazone groups is 1. The van der Waals surface area contributed by atoms with Gasteiger partial charge in [0.15, 0.2) is 0 Å². The summed E-state index contributed by atoms with van der Waals surface area (Å²) in [6.45, 7) is 5.99. The molecule has 3 fully saturated rings. The van der Waals surface area contributed by atoms with E-state index in [1.54, 1.807) is 0 Å². The van der Waals surface area contributed by atoms with Gasteiger partial charge in [-0.05, 0) is 38.5 Å². The lowest BCUT2D eigenvalue weighted by Gasteiger charge is -2.46. The van der Waals surface area contributed by atoms with Gasteiger partial charge in [-0.3, -0.25) is 19.3 Å². The van der Waals surface area contributed by atoms with Crippen molar-refractivity contribution in [3.8, 4) is 0 Å². The fourth-order valence-corrected chi connectivity index (χ4v) is 8.63. The van der Waals surface area contributed by atoms with Crippen molar-refractivity contribution in [1.82, 2.24) is 4.90 Å². The van der Waals surface area contributed by atoms with E-state index in [0.717, 1.165) is 22.4 Å². The van der Waals surface area contributed by atoms with Crippen LogP contribution in [0.15, 0.2) is 53.6 Å². The summed E-state index contributed by atoms with van der Waals surface area (Å²) < 4.78 is -0.722. The van der Waals surface area contributed by atoms with Crippen molar-refractivity contribution in [1.29, 1.82) is 0 Å². The molecule has 4 aliphatic heterocycles. The lowest BCUT2D eigenvalue weighted by Crippen LogP contribution is -2.64. The number of amides is 3. The highest BCUT2D eigenvalue weighted by Gasteiger charge is 2.81. The smallest absolute Gasteiger partial charge is 0.254 e. The maximum absolute atomic E-state index is 14.0. The van der Waals surface area contributed by atoms with Crippen molar-refractivity contribution in [2.24, 2.45) is 34.5 Å². The van der Waals surface area contributed by atoms with Crippen LogP contribution in [0, 0.1) is 37.5 Å². The predicted octanol–water partition coefficient (Wildman–Crippen LogP) is 2.69. The molecule has 0 saturated carbocycles. The summed E-state index contributed by atoms with van der Waals surface area (Å²) in [6.07, 6.45) is 0. The number of likely N-dealkylation sites (tertiary alicyclic amines) is 1. The normalized spacial score (nSPS) is 36.1. The van der Waals surface area contributed by atoms with Gasteiger partial charge in [0, 0.05) is 17.7 Å². The molecule has 0 aliphatic carbocycles. The van der Waals surface area contributed by atoms with Gasteiger partial charge in [-0.15, -0.1) is 11.8 Å². The van der Waals surface area contributed by atoms with Crippen molar-refractivity contribution in [2.75, 3.05) is 12.1 Å². The Hall–Kier alpha value is -2.97. The molecule has 0 aromatic heterocycles. The number of thioether (sulfide) groups is 1. The van der Waals surface area contributed by atoms with Crippen LogP contribution in [0.3, 0.4) is 0 Å². The lowest BCUT2D eigenvalue weighted by atomic mass is 9.58. The molecule has 6 rings (SSSR count). The fraction of sp³-hybridized carbons (Fsp3) is 0.385. The topological polar surface area (TPSA) is 96.1 Å². The van der Waals surface area contributed by atoms with Crippen LogP contribution < -0.4 is 10.7 Å². The van der Waals surface area contributed by atoms with E-state index in [2.05, 4.69) is 0 Å². The number of hydrogen-bond acceptors (Lipinski definition) is 6. The van der Waals surface area contributed by atoms with Crippen LogP contribution in [0.4, 0.5) is 5.69 Å². The molecule has 34 heavy (non-hydrogen) atoms. The Labute approximate surface area is 202 Å². The maximum atomic E-state index is 14.0. The van der Waals surface area contributed by atoms with Crippen LogP contribution in [0.25, 0.3) is 0 Å². The Morgan fingerprint density at radius 1 is 0.824 bits per heavy atom. The molecule has 3 amide bonds. The summed E-state index contributed by atoms with van der Waals surface area (Å²) in [7, 11) is 1.51. The van der Waals surface area contributed by atoms with Crippen LogP contribution >= 0.6 is 11.8 Å². The first-order valence-electron chi connectivity index (χ1n) is 11.4. The molecule has 0 radical (unpaired) electrons. The van der Waals surface area contributed by atoms with Crippen molar-refractivity contribution < 1.29 is 14.4 Å². The van der Waals surface area contributed by atoms with E-state index >= 15 is 0 Å². The first-order valence-corrected chi connectivity index (χ1v) is 12.3. The molecule has 0 spiro atoms. The van der Waals surface area contributed by atoms with Crippen LogP contribution in [0.5, 0.6) is 0 Å². The van der Waals surface area contributed by atoms with Gasteiger partial charge < -0.3 is 5.73 Å². The van der Waals surface area contributed by atoms with Crippen molar-refractivity contribution in [3.63, 3.8) is 0 Å². The largest absolute Gasteiger partial charge is 0.315 e. The average Bonchev–Trinajstić information content (AvgIpc) is 3.31. The number of aryl methyl sites for hydroxylation is 2. The number of nitrogens with two attached hydrogens (primary N) is 1. The van der Waals surface area contributed by atoms with Gasteiger partial charge in [0.2, 0.25) is 11.8 Å². The first-order chi connectivity index (χ1) is 16.1. The number of fused-ring (bicyclic) bond motifs is 8. The molecule has 2 bridgehead atoms. The van der Waals surface area contributed by atoms with Crippen molar-refractivity contribution in [3.05, 3.63) is 65.2 Å². The van der Waals surface area contributed by atoms with Crippen LogP contribution in [-0.4, -0.2) is 45.0 Å². The standard InChI is InChI=1S/C26H26N4O3S/c1-13-5-9-15(10-6-13)21-17-19(24(33)30(28-21)16-11-7-14(2)8-12-16)26(27)20-18(25(17,3)34-26)22(31)29(4)23(20)32/h5-12,17-20H,27H2,1-4H3. The third-order valence-corrected chi connectivity index (χ3v) is 9.88. The van der Waals surface area contributed by atoms with Gasteiger partial charge in [0.25, 0.3) is 5.91 Å². The SMILES string of the molecule is Cc1ccc(C2=NN(c3ccc(C)cc3)C(=O)C3C2C2(C)SC3(N)C3C(=O)N(C)C(=O)C32)cc1. The highest BCUT2D eigenvalue weighted by Crippen LogP contribution is 2.72. The van der Waals surface area contributed by atoms with E-state index < -0.39 is 27.4 Å². The molecule has 4 aliphatic rings. The molecule has 7 nitrogen and oxygen atoms in total. The zero-order valence-corrected chi connectivity index (χ0v) is 20.3. The van der Waals surface area contributed by atoms with E-state index in [1.165, 1.54) is 28.7 Å². The Balaban J connectivity index is 1.58. The Morgan fingerprint density at radius 3 is 1.97 bits per heavy atom. The molecule has 6 unspecified atom stereocenters. The average molecular weight is 475 g/mol. The van der Waals surface area contributed by atoms with Crippen LogP contribution in [0.1, 0.15) is 23.6 Å². The summed E-state index contributed by atoms with van der Waals surface area (Å²) >= 11 is 1.43. The Kier molecular flexibility index (Phi) is 4.31. The summed E-state index contributed by atoms with van der Waals surface area (Å²) in [5.74, 6) is -3.09. The molecule has 4 heterocycles.